The first-order chi connectivity index (χ1) is 7.52. The molecule has 2 amide bonds. The van der Waals surface area contributed by atoms with Gasteiger partial charge in [0.05, 0.1) is 12.6 Å². The van der Waals surface area contributed by atoms with E-state index in [0.717, 1.165) is 6.42 Å². The van der Waals surface area contributed by atoms with Crippen LogP contribution in [-0.4, -0.2) is 57.1 Å². The van der Waals surface area contributed by atoms with Crippen LogP contribution in [0.5, 0.6) is 0 Å². The number of amides is 2. The summed E-state index contributed by atoms with van der Waals surface area (Å²) in [6, 6.07) is -0.565. The second kappa shape index (κ2) is 8.06. The first-order valence-corrected chi connectivity index (χ1v) is 5.23. The number of carbonyl (C=O) groups excluding carboxylic acids is 2. The number of rotatable bonds is 7. The highest BCUT2D eigenvalue weighted by Crippen LogP contribution is 1.99. The fourth-order valence-electron chi connectivity index (χ4n) is 1.23. The minimum Gasteiger partial charge on any atom is -0.385 e. The van der Waals surface area contributed by atoms with Gasteiger partial charge in [0, 0.05) is 27.8 Å². The average molecular weight is 231 g/mol. The van der Waals surface area contributed by atoms with Gasteiger partial charge in [-0.1, -0.05) is 0 Å². The van der Waals surface area contributed by atoms with Crippen LogP contribution in [0.3, 0.4) is 0 Å². The predicted molar refractivity (Wildman–Crippen MR) is 60.8 cm³/mol. The monoisotopic (exact) mass is 231 g/mol. The van der Waals surface area contributed by atoms with Crippen molar-refractivity contribution in [1.82, 2.24) is 10.2 Å². The first-order valence-electron chi connectivity index (χ1n) is 5.23. The van der Waals surface area contributed by atoms with Gasteiger partial charge in [-0.3, -0.25) is 9.59 Å². The summed E-state index contributed by atoms with van der Waals surface area (Å²) >= 11 is 0. The molecule has 1 atom stereocenters. The van der Waals surface area contributed by atoms with Crippen LogP contribution in [0.1, 0.15) is 12.8 Å². The van der Waals surface area contributed by atoms with Crippen molar-refractivity contribution in [3.8, 4) is 0 Å². The quantitative estimate of drug-likeness (QED) is 0.547. The number of methoxy groups -OCH3 is 1. The van der Waals surface area contributed by atoms with E-state index in [4.69, 9.17) is 10.5 Å². The zero-order chi connectivity index (χ0) is 12.6. The summed E-state index contributed by atoms with van der Waals surface area (Å²) in [4.78, 5) is 24.0. The van der Waals surface area contributed by atoms with E-state index in [-0.39, 0.29) is 18.4 Å². The van der Waals surface area contributed by atoms with E-state index in [9.17, 15) is 9.59 Å². The molecule has 94 valence electrons. The SMILES string of the molecule is CNC(=O)CN(C)C(=O)C(N)CCCOC. The molecule has 1 unspecified atom stereocenters. The number of hydrogen-bond acceptors (Lipinski definition) is 4. The van der Waals surface area contributed by atoms with Crippen LogP contribution in [0, 0.1) is 0 Å². The Hall–Kier alpha value is -1.14. The molecule has 0 aliphatic carbocycles. The predicted octanol–water partition coefficient (Wildman–Crippen LogP) is -1.06. The van der Waals surface area contributed by atoms with Crippen molar-refractivity contribution >= 4 is 11.8 Å². The topological polar surface area (TPSA) is 84.7 Å². The molecule has 0 aromatic heterocycles. The zero-order valence-electron chi connectivity index (χ0n) is 10.2. The molecule has 0 aliphatic heterocycles. The van der Waals surface area contributed by atoms with Crippen molar-refractivity contribution in [2.45, 2.75) is 18.9 Å². The van der Waals surface area contributed by atoms with Crippen LogP contribution in [0.25, 0.3) is 0 Å². The molecule has 0 heterocycles. The van der Waals surface area contributed by atoms with E-state index < -0.39 is 6.04 Å². The third kappa shape index (κ3) is 5.67. The molecule has 0 bridgehead atoms. The highest BCUT2D eigenvalue weighted by molar-refractivity contribution is 5.87. The van der Waals surface area contributed by atoms with Gasteiger partial charge in [-0.05, 0) is 12.8 Å². The van der Waals surface area contributed by atoms with Gasteiger partial charge in [0.25, 0.3) is 0 Å². The number of nitrogens with zero attached hydrogens (tertiary/aromatic N) is 1. The minimum atomic E-state index is -0.565. The van der Waals surface area contributed by atoms with Gasteiger partial charge >= 0.3 is 0 Å². The average Bonchev–Trinajstić information content (AvgIpc) is 2.27. The van der Waals surface area contributed by atoms with E-state index in [0.29, 0.717) is 13.0 Å². The third-order valence-corrected chi connectivity index (χ3v) is 2.22. The lowest BCUT2D eigenvalue weighted by Crippen LogP contribution is -2.45. The standard InChI is InChI=1S/C10H21N3O3/c1-12-9(14)7-13(2)10(15)8(11)5-4-6-16-3/h8H,4-7,11H2,1-3H3,(H,12,14). The lowest BCUT2D eigenvalue weighted by atomic mass is 10.1. The normalized spacial score (nSPS) is 12.0. The summed E-state index contributed by atoms with van der Waals surface area (Å²) in [5.41, 5.74) is 5.70. The Morgan fingerprint density at radius 2 is 2.12 bits per heavy atom. The fourth-order valence-corrected chi connectivity index (χ4v) is 1.23. The Bertz CT molecular complexity index is 233. The Kier molecular flexibility index (Phi) is 7.49. The van der Waals surface area contributed by atoms with Crippen molar-refractivity contribution in [1.29, 1.82) is 0 Å². The molecule has 0 spiro atoms. The summed E-state index contributed by atoms with van der Waals surface area (Å²) < 4.78 is 4.87. The summed E-state index contributed by atoms with van der Waals surface area (Å²) in [6.07, 6.45) is 1.29. The largest absolute Gasteiger partial charge is 0.385 e. The van der Waals surface area contributed by atoms with Gasteiger partial charge in [-0.2, -0.15) is 0 Å². The minimum absolute atomic E-state index is 0.0350. The van der Waals surface area contributed by atoms with Crippen LogP contribution in [0.15, 0.2) is 0 Å². The van der Waals surface area contributed by atoms with Crippen molar-refractivity contribution < 1.29 is 14.3 Å². The molecule has 0 radical (unpaired) electrons. The van der Waals surface area contributed by atoms with Crippen molar-refractivity contribution in [2.24, 2.45) is 5.73 Å². The highest BCUT2D eigenvalue weighted by atomic mass is 16.5. The number of hydrogen-bond donors (Lipinski definition) is 2. The summed E-state index contributed by atoms with van der Waals surface area (Å²) in [5.74, 6) is -0.431. The van der Waals surface area contributed by atoms with E-state index in [2.05, 4.69) is 5.32 Å². The molecule has 0 aromatic carbocycles. The Labute approximate surface area is 96.1 Å². The van der Waals surface area contributed by atoms with E-state index >= 15 is 0 Å². The molecular weight excluding hydrogens is 210 g/mol. The fraction of sp³-hybridized carbons (Fsp3) is 0.800. The summed E-state index contributed by atoms with van der Waals surface area (Å²) in [6.45, 7) is 0.619. The molecule has 0 saturated carbocycles. The number of nitrogens with two attached hydrogens (primary N) is 1. The van der Waals surface area contributed by atoms with Crippen LogP contribution >= 0.6 is 0 Å². The maximum atomic E-state index is 11.7. The van der Waals surface area contributed by atoms with Crippen LogP contribution in [-0.2, 0) is 14.3 Å². The lowest BCUT2D eigenvalue weighted by Gasteiger charge is -2.20. The van der Waals surface area contributed by atoms with Crippen LogP contribution < -0.4 is 11.1 Å². The van der Waals surface area contributed by atoms with Gasteiger partial charge in [-0.15, -0.1) is 0 Å². The number of likely N-dealkylation sites (N-methyl/N-ethyl adjacent to an activating group) is 2. The molecular formula is C10H21N3O3. The van der Waals surface area contributed by atoms with Crippen LogP contribution in [0.4, 0.5) is 0 Å². The van der Waals surface area contributed by atoms with E-state index in [1.54, 1.807) is 14.2 Å². The second-order valence-electron chi connectivity index (χ2n) is 3.61. The van der Waals surface area contributed by atoms with Gasteiger partial charge in [-0.25, -0.2) is 0 Å². The Morgan fingerprint density at radius 3 is 2.62 bits per heavy atom. The number of ether oxygens (including phenoxy) is 1. The van der Waals surface area contributed by atoms with Gasteiger partial charge in [0.2, 0.25) is 11.8 Å². The molecule has 6 nitrogen and oxygen atoms in total. The maximum Gasteiger partial charge on any atom is 0.239 e. The van der Waals surface area contributed by atoms with Gasteiger partial charge in [0.1, 0.15) is 0 Å². The molecule has 16 heavy (non-hydrogen) atoms. The van der Waals surface area contributed by atoms with Crippen LogP contribution in [0.2, 0.25) is 0 Å². The number of nitrogens with one attached hydrogen (secondary N) is 1. The van der Waals surface area contributed by atoms with Crippen molar-refractivity contribution in [3.05, 3.63) is 0 Å². The molecule has 0 aromatic rings. The maximum absolute atomic E-state index is 11.7. The summed E-state index contributed by atoms with van der Waals surface area (Å²) in [5, 5.41) is 2.45. The smallest absolute Gasteiger partial charge is 0.239 e. The van der Waals surface area contributed by atoms with Gasteiger partial charge in [0.15, 0.2) is 0 Å². The first kappa shape index (κ1) is 14.9. The molecule has 0 fully saturated rings. The molecule has 3 N–H and O–H groups in total. The Balaban J connectivity index is 3.96. The summed E-state index contributed by atoms with van der Waals surface area (Å²) in [7, 11) is 4.69. The van der Waals surface area contributed by atoms with Crippen molar-refractivity contribution in [3.63, 3.8) is 0 Å². The van der Waals surface area contributed by atoms with Crippen molar-refractivity contribution in [2.75, 3.05) is 34.4 Å². The Morgan fingerprint density at radius 1 is 1.50 bits per heavy atom. The lowest BCUT2D eigenvalue weighted by molar-refractivity contribution is -0.135. The van der Waals surface area contributed by atoms with E-state index in [1.165, 1.54) is 11.9 Å². The van der Waals surface area contributed by atoms with E-state index in [1.807, 2.05) is 0 Å². The molecule has 0 aliphatic rings. The second-order valence-corrected chi connectivity index (χ2v) is 3.61. The molecule has 0 rings (SSSR count). The third-order valence-electron chi connectivity index (χ3n) is 2.22. The molecule has 0 saturated heterocycles. The van der Waals surface area contributed by atoms with Gasteiger partial charge < -0.3 is 20.7 Å². The highest BCUT2D eigenvalue weighted by Gasteiger charge is 2.18. The molecule has 6 heteroatoms. The number of carbonyl (C=O) groups is 2. The zero-order valence-corrected chi connectivity index (χ0v) is 10.2.